The molecule has 2 atom stereocenters. The van der Waals surface area contributed by atoms with Crippen LogP contribution in [0.15, 0.2) is 35.4 Å². The average molecular weight is 411 g/mol. The standard InChI is InChI=1S/C22H25N3O5/c26-19(25-13-10-18(23-25)15-6-2-1-3-7-15)14-30-20(27)11-12-24-21(28)16-8-4-5-9-17(16)22(24)29/h1-3,6-7,16-17H,4-5,8-14H2/t16-,17-/m1/s1. The van der Waals surface area contributed by atoms with Crippen molar-refractivity contribution in [2.45, 2.75) is 38.5 Å². The van der Waals surface area contributed by atoms with Crippen LogP contribution in [0.2, 0.25) is 0 Å². The van der Waals surface area contributed by atoms with Crippen LogP contribution in [0.5, 0.6) is 0 Å². The molecule has 158 valence electrons. The SMILES string of the molecule is O=C(CCN1C(=O)[C@@H]2CCCC[C@H]2C1=O)OCC(=O)N1CCC(c2ccccc2)=N1. The smallest absolute Gasteiger partial charge is 0.308 e. The summed E-state index contributed by atoms with van der Waals surface area (Å²) < 4.78 is 5.06. The third-order valence-corrected chi connectivity index (χ3v) is 6.03. The number of ether oxygens (including phenoxy) is 1. The summed E-state index contributed by atoms with van der Waals surface area (Å²) in [4.78, 5) is 50.4. The first-order valence-electron chi connectivity index (χ1n) is 10.5. The molecule has 0 bridgehead atoms. The van der Waals surface area contributed by atoms with Gasteiger partial charge < -0.3 is 4.74 Å². The predicted octanol–water partition coefficient (Wildman–Crippen LogP) is 1.73. The number of esters is 1. The third-order valence-electron chi connectivity index (χ3n) is 6.03. The Kier molecular flexibility index (Phi) is 5.92. The Morgan fingerprint density at radius 2 is 1.70 bits per heavy atom. The highest BCUT2D eigenvalue weighted by Crippen LogP contribution is 2.37. The van der Waals surface area contributed by atoms with E-state index in [1.807, 2.05) is 30.3 Å². The van der Waals surface area contributed by atoms with Crippen LogP contribution in [0.1, 0.15) is 44.1 Å². The van der Waals surface area contributed by atoms with Crippen LogP contribution in [0.3, 0.4) is 0 Å². The van der Waals surface area contributed by atoms with Gasteiger partial charge in [-0.3, -0.25) is 24.1 Å². The van der Waals surface area contributed by atoms with E-state index in [1.54, 1.807) is 0 Å². The zero-order valence-corrected chi connectivity index (χ0v) is 16.8. The Morgan fingerprint density at radius 3 is 2.37 bits per heavy atom. The number of nitrogens with zero attached hydrogens (tertiary/aromatic N) is 3. The van der Waals surface area contributed by atoms with Crippen molar-refractivity contribution in [2.75, 3.05) is 19.7 Å². The fraction of sp³-hybridized carbons (Fsp3) is 0.500. The van der Waals surface area contributed by atoms with Gasteiger partial charge >= 0.3 is 5.97 Å². The Balaban J connectivity index is 1.23. The molecule has 1 saturated heterocycles. The van der Waals surface area contributed by atoms with E-state index in [4.69, 9.17) is 4.74 Å². The molecule has 0 aromatic heterocycles. The molecule has 1 saturated carbocycles. The zero-order valence-electron chi connectivity index (χ0n) is 16.8. The van der Waals surface area contributed by atoms with E-state index >= 15 is 0 Å². The summed E-state index contributed by atoms with van der Waals surface area (Å²) in [5, 5.41) is 5.63. The second kappa shape index (κ2) is 8.77. The summed E-state index contributed by atoms with van der Waals surface area (Å²) in [6.45, 7) is 0.0510. The van der Waals surface area contributed by atoms with Gasteiger partial charge in [0.15, 0.2) is 6.61 Å². The zero-order chi connectivity index (χ0) is 21.1. The van der Waals surface area contributed by atoms with Crippen LogP contribution in [0.25, 0.3) is 0 Å². The van der Waals surface area contributed by atoms with E-state index in [2.05, 4.69) is 5.10 Å². The molecule has 1 aromatic carbocycles. The summed E-state index contributed by atoms with van der Waals surface area (Å²) in [5.74, 6) is -1.80. The number of rotatable bonds is 6. The maximum atomic E-state index is 12.4. The summed E-state index contributed by atoms with van der Waals surface area (Å²) in [5.41, 5.74) is 1.79. The average Bonchev–Trinajstić information content (AvgIpc) is 3.36. The molecule has 8 nitrogen and oxygen atoms in total. The fourth-order valence-electron chi connectivity index (χ4n) is 4.41. The third kappa shape index (κ3) is 4.13. The summed E-state index contributed by atoms with van der Waals surface area (Å²) in [6, 6.07) is 9.61. The van der Waals surface area contributed by atoms with Crippen molar-refractivity contribution in [1.29, 1.82) is 0 Å². The molecule has 3 amide bonds. The number of imide groups is 1. The molecule has 0 radical (unpaired) electrons. The van der Waals surface area contributed by atoms with Gasteiger partial charge in [0.1, 0.15) is 0 Å². The first-order valence-corrected chi connectivity index (χ1v) is 10.5. The normalized spacial score (nSPS) is 23.4. The quantitative estimate of drug-likeness (QED) is 0.525. The number of hydrogen-bond acceptors (Lipinski definition) is 6. The molecule has 1 aliphatic carbocycles. The monoisotopic (exact) mass is 411 g/mol. The Bertz CT molecular complexity index is 858. The molecule has 2 heterocycles. The molecule has 2 aliphatic heterocycles. The van der Waals surface area contributed by atoms with Crippen molar-refractivity contribution in [3.05, 3.63) is 35.9 Å². The summed E-state index contributed by atoms with van der Waals surface area (Å²) in [6.07, 6.45) is 3.94. The van der Waals surface area contributed by atoms with E-state index < -0.39 is 18.5 Å². The highest BCUT2D eigenvalue weighted by atomic mass is 16.5. The minimum absolute atomic E-state index is 0.0116. The lowest BCUT2D eigenvalue weighted by Gasteiger charge is -2.19. The van der Waals surface area contributed by atoms with Gasteiger partial charge in [0.25, 0.3) is 5.91 Å². The summed E-state index contributed by atoms with van der Waals surface area (Å²) >= 11 is 0. The molecule has 8 heteroatoms. The molecule has 0 N–H and O–H groups in total. The van der Waals surface area contributed by atoms with E-state index in [-0.39, 0.29) is 36.6 Å². The van der Waals surface area contributed by atoms with Crippen molar-refractivity contribution < 1.29 is 23.9 Å². The van der Waals surface area contributed by atoms with Crippen LogP contribution in [-0.4, -0.2) is 59.0 Å². The van der Waals surface area contributed by atoms with Gasteiger partial charge in [-0.1, -0.05) is 43.2 Å². The van der Waals surface area contributed by atoms with Crippen molar-refractivity contribution in [3.63, 3.8) is 0 Å². The van der Waals surface area contributed by atoms with E-state index in [9.17, 15) is 19.2 Å². The lowest BCUT2D eigenvalue weighted by atomic mass is 9.81. The van der Waals surface area contributed by atoms with Crippen LogP contribution < -0.4 is 0 Å². The van der Waals surface area contributed by atoms with Gasteiger partial charge in [-0.25, -0.2) is 5.01 Å². The Hall–Kier alpha value is -3.03. The molecule has 1 aromatic rings. The van der Waals surface area contributed by atoms with E-state index in [0.29, 0.717) is 13.0 Å². The molecule has 0 spiro atoms. The van der Waals surface area contributed by atoms with Gasteiger partial charge in [0.05, 0.1) is 30.5 Å². The largest absolute Gasteiger partial charge is 0.455 e. The highest BCUT2D eigenvalue weighted by molar-refractivity contribution is 6.05. The van der Waals surface area contributed by atoms with Gasteiger partial charge in [-0.05, 0) is 18.4 Å². The topological polar surface area (TPSA) is 96.3 Å². The number of fused-ring (bicyclic) bond motifs is 1. The maximum absolute atomic E-state index is 12.4. The molecular formula is C22H25N3O5. The number of carbonyl (C=O) groups excluding carboxylic acids is 4. The second-order valence-electron chi connectivity index (χ2n) is 7.92. The van der Waals surface area contributed by atoms with E-state index in [1.165, 1.54) is 9.91 Å². The molecule has 2 fully saturated rings. The van der Waals surface area contributed by atoms with Crippen molar-refractivity contribution in [3.8, 4) is 0 Å². The maximum Gasteiger partial charge on any atom is 0.308 e. The molecule has 4 rings (SSSR count). The number of likely N-dealkylation sites (tertiary alicyclic amines) is 1. The molecule has 30 heavy (non-hydrogen) atoms. The highest BCUT2D eigenvalue weighted by Gasteiger charge is 2.47. The minimum Gasteiger partial charge on any atom is -0.455 e. The number of amides is 3. The van der Waals surface area contributed by atoms with Crippen LogP contribution in [-0.2, 0) is 23.9 Å². The number of hydrazone groups is 1. The number of carbonyl (C=O) groups is 4. The molecular weight excluding hydrogens is 386 g/mol. The second-order valence-corrected chi connectivity index (χ2v) is 7.92. The molecule has 0 unspecified atom stereocenters. The minimum atomic E-state index is -0.606. The number of benzene rings is 1. The first kappa shape index (κ1) is 20.3. The molecule has 3 aliphatic rings. The lowest BCUT2D eigenvalue weighted by Crippen LogP contribution is -2.34. The van der Waals surface area contributed by atoms with Gasteiger partial charge in [0, 0.05) is 13.0 Å². The van der Waals surface area contributed by atoms with Crippen LogP contribution in [0, 0.1) is 11.8 Å². The predicted molar refractivity (Wildman–Crippen MR) is 107 cm³/mol. The fourth-order valence-corrected chi connectivity index (χ4v) is 4.41. The van der Waals surface area contributed by atoms with Crippen molar-refractivity contribution in [2.24, 2.45) is 16.9 Å². The van der Waals surface area contributed by atoms with Crippen molar-refractivity contribution >= 4 is 29.4 Å². The Labute approximate surface area is 174 Å². The van der Waals surface area contributed by atoms with Gasteiger partial charge in [-0.15, -0.1) is 0 Å². The first-order chi connectivity index (χ1) is 14.5. The lowest BCUT2D eigenvalue weighted by molar-refractivity contribution is -0.152. The van der Waals surface area contributed by atoms with Gasteiger partial charge in [-0.2, -0.15) is 5.10 Å². The van der Waals surface area contributed by atoms with Crippen molar-refractivity contribution in [1.82, 2.24) is 9.91 Å². The van der Waals surface area contributed by atoms with Crippen LogP contribution in [0.4, 0.5) is 0 Å². The van der Waals surface area contributed by atoms with Gasteiger partial charge in [0.2, 0.25) is 11.8 Å². The van der Waals surface area contributed by atoms with Crippen LogP contribution >= 0.6 is 0 Å². The Morgan fingerprint density at radius 1 is 1.03 bits per heavy atom. The number of hydrogen-bond donors (Lipinski definition) is 0. The summed E-state index contributed by atoms with van der Waals surface area (Å²) in [7, 11) is 0. The van der Waals surface area contributed by atoms with E-state index in [0.717, 1.165) is 37.0 Å².